The first-order valence-electron chi connectivity index (χ1n) is 3.42. The van der Waals surface area contributed by atoms with E-state index in [-0.39, 0.29) is 0 Å². The van der Waals surface area contributed by atoms with Gasteiger partial charge >= 0.3 is 0 Å². The van der Waals surface area contributed by atoms with Crippen molar-refractivity contribution in [1.82, 2.24) is 4.98 Å². The Hall–Kier alpha value is 0.137. The van der Waals surface area contributed by atoms with E-state index in [4.69, 9.17) is 4.43 Å². The first-order valence-corrected chi connectivity index (χ1v) is 6.33. The van der Waals surface area contributed by atoms with E-state index >= 15 is 0 Å². The van der Waals surface area contributed by atoms with E-state index in [0.717, 1.165) is 6.54 Å². The van der Waals surface area contributed by atoms with Crippen molar-refractivity contribution in [2.75, 3.05) is 13.7 Å². The van der Waals surface area contributed by atoms with Crippen LogP contribution < -0.4 is 4.98 Å². The second-order valence-corrected chi connectivity index (χ2v) is 6.42. The van der Waals surface area contributed by atoms with Crippen molar-refractivity contribution in [2.45, 2.75) is 26.4 Å². The van der Waals surface area contributed by atoms with Crippen LogP contribution in [0.2, 0.25) is 13.1 Å². The summed E-state index contributed by atoms with van der Waals surface area (Å²) in [7, 11) is 0.324. The molecule has 0 unspecified atom stereocenters. The standard InChI is InChI=1S/C6H17NOSi/c1-5-6-7-9(3,4)8-2/h7H,5-6H2,1-4H3. The van der Waals surface area contributed by atoms with Gasteiger partial charge in [-0.3, -0.25) is 0 Å². The molecule has 0 rings (SSSR count). The molecule has 0 aliphatic rings. The van der Waals surface area contributed by atoms with Gasteiger partial charge in [0.05, 0.1) is 0 Å². The predicted octanol–water partition coefficient (Wildman–Crippen LogP) is 1.33. The van der Waals surface area contributed by atoms with E-state index in [2.05, 4.69) is 25.0 Å². The van der Waals surface area contributed by atoms with E-state index in [9.17, 15) is 0 Å². The van der Waals surface area contributed by atoms with Gasteiger partial charge in [0.1, 0.15) is 0 Å². The minimum Gasteiger partial charge on any atom is -0.407 e. The first-order chi connectivity index (χ1) is 4.12. The molecule has 0 aliphatic carbocycles. The van der Waals surface area contributed by atoms with Gasteiger partial charge in [0.25, 0.3) is 8.48 Å². The molecule has 2 nitrogen and oxygen atoms in total. The summed E-state index contributed by atoms with van der Waals surface area (Å²) in [5.74, 6) is 0. The van der Waals surface area contributed by atoms with Crippen molar-refractivity contribution in [3.05, 3.63) is 0 Å². The molecular formula is C6H17NOSi. The number of nitrogens with one attached hydrogen (secondary N) is 1. The maximum Gasteiger partial charge on any atom is 0.262 e. The topological polar surface area (TPSA) is 21.3 Å². The van der Waals surface area contributed by atoms with Gasteiger partial charge in [-0.25, -0.2) is 0 Å². The van der Waals surface area contributed by atoms with Crippen LogP contribution in [0, 0.1) is 0 Å². The van der Waals surface area contributed by atoms with Crippen molar-refractivity contribution >= 4 is 8.48 Å². The number of rotatable bonds is 4. The Labute approximate surface area is 58.8 Å². The summed E-state index contributed by atoms with van der Waals surface area (Å²) in [4.78, 5) is 3.38. The van der Waals surface area contributed by atoms with Gasteiger partial charge in [0, 0.05) is 7.11 Å². The van der Waals surface area contributed by atoms with Gasteiger partial charge in [-0.15, -0.1) is 0 Å². The second-order valence-electron chi connectivity index (χ2n) is 2.64. The highest BCUT2D eigenvalue weighted by Gasteiger charge is 2.18. The molecule has 0 spiro atoms. The van der Waals surface area contributed by atoms with Crippen molar-refractivity contribution in [3.8, 4) is 0 Å². The zero-order valence-electron chi connectivity index (χ0n) is 6.82. The molecule has 0 atom stereocenters. The molecule has 56 valence electrons. The molecule has 0 saturated carbocycles. The van der Waals surface area contributed by atoms with Crippen LogP contribution >= 0.6 is 0 Å². The molecule has 0 aromatic heterocycles. The third-order valence-electron chi connectivity index (χ3n) is 1.31. The maximum absolute atomic E-state index is 5.27. The Morgan fingerprint density at radius 3 is 2.33 bits per heavy atom. The van der Waals surface area contributed by atoms with Gasteiger partial charge in [-0.1, -0.05) is 6.92 Å². The molecule has 0 aromatic rings. The Morgan fingerprint density at radius 1 is 1.44 bits per heavy atom. The number of hydrogen-bond acceptors (Lipinski definition) is 2. The Bertz CT molecular complexity index is 75.5. The van der Waals surface area contributed by atoms with Crippen molar-refractivity contribution in [2.24, 2.45) is 0 Å². The minimum absolute atomic E-state index is 1.08. The molecule has 0 amide bonds. The van der Waals surface area contributed by atoms with Crippen LogP contribution in [0.1, 0.15) is 13.3 Å². The fraction of sp³-hybridized carbons (Fsp3) is 1.00. The molecule has 9 heavy (non-hydrogen) atoms. The lowest BCUT2D eigenvalue weighted by molar-refractivity contribution is 0.390. The Kier molecular flexibility index (Phi) is 4.09. The average Bonchev–Trinajstić information content (AvgIpc) is 1.84. The monoisotopic (exact) mass is 147 g/mol. The van der Waals surface area contributed by atoms with Crippen LogP contribution in [0.15, 0.2) is 0 Å². The third kappa shape index (κ3) is 4.63. The lowest BCUT2D eigenvalue weighted by Crippen LogP contribution is -2.47. The molecule has 0 fully saturated rings. The SMILES string of the molecule is CCCN[Si](C)(C)OC. The van der Waals surface area contributed by atoms with Gasteiger partial charge in [-0.05, 0) is 26.1 Å². The highest BCUT2D eigenvalue weighted by molar-refractivity contribution is 6.68. The van der Waals surface area contributed by atoms with Crippen LogP contribution in [0.5, 0.6) is 0 Å². The maximum atomic E-state index is 5.27. The lowest BCUT2D eigenvalue weighted by Gasteiger charge is -2.20. The zero-order valence-corrected chi connectivity index (χ0v) is 7.82. The fourth-order valence-electron chi connectivity index (χ4n) is 0.498. The van der Waals surface area contributed by atoms with E-state index < -0.39 is 8.48 Å². The molecule has 0 saturated heterocycles. The summed E-state index contributed by atoms with van der Waals surface area (Å²) in [5, 5.41) is 0. The third-order valence-corrected chi connectivity index (χ3v) is 3.43. The predicted molar refractivity (Wildman–Crippen MR) is 42.8 cm³/mol. The Morgan fingerprint density at radius 2 is 2.00 bits per heavy atom. The van der Waals surface area contributed by atoms with Crippen LogP contribution in [-0.4, -0.2) is 22.1 Å². The van der Waals surface area contributed by atoms with Gasteiger partial charge in [0.15, 0.2) is 0 Å². The zero-order chi connectivity index (χ0) is 7.33. The molecule has 3 heteroatoms. The molecule has 0 radical (unpaired) electrons. The van der Waals surface area contributed by atoms with Crippen molar-refractivity contribution < 1.29 is 4.43 Å². The van der Waals surface area contributed by atoms with E-state index in [1.54, 1.807) is 7.11 Å². The summed E-state index contributed by atoms with van der Waals surface area (Å²) in [6.45, 7) is 7.55. The fourth-order valence-corrected chi connectivity index (χ4v) is 1.49. The van der Waals surface area contributed by atoms with Crippen LogP contribution in [0.25, 0.3) is 0 Å². The normalized spacial score (nSPS) is 12.0. The quantitative estimate of drug-likeness (QED) is 0.606. The van der Waals surface area contributed by atoms with Crippen LogP contribution in [0.4, 0.5) is 0 Å². The number of hydrogen-bond donors (Lipinski definition) is 1. The Balaban J connectivity index is 3.33. The minimum atomic E-state index is -1.45. The van der Waals surface area contributed by atoms with Crippen LogP contribution in [0.3, 0.4) is 0 Å². The van der Waals surface area contributed by atoms with Gasteiger partial charge in [0.2, 0.25) is 0 Å². The second kappa shape index (κ2) is 4.03. The molecule has 0 bridgehead atoms. The smallest absolute Gasteiger partial charge is 0.262 e. The largest absolute Gasteiger partial charge is 0.407 e. The summed E-state index contributed by atoms with van der Waals surface area (Å²) in [6, 6.07) is 0. The van der Waals surface area contributed by atoms with Crippen LogP contribution in [-0.2, 0) is 4.43 Å². The summed E-state index contributed by atoms with van der Waals surface area (Å²) in [5.41, 5.74) is 0. The van der Waals surface area contributed by atoms with Crippen molar-refractivity contribution in [1.29, 1.82) is 0 Å². The molecular weight excluding hydrogens is 130 g/mol. The van der Waals surface area contributed by atoms with Gasteiger partial charge < -0.3 is 9.41 Å². The highest BCUT2D eigenvalue weighted by atomic mass is 28.4. The van der Waals surface area contributed by atoms with E-state index in [1.165, 1.54) is 6.42 Å². The van der Waals surface area contributed by atoms with E-state index in [0.29, 0.717) is 0 Å². The van der Waals surface area contributed by atoms with Crippen molar-refractivity contribution in [3.63, 3.8) is 0 Å². The molecule has 0 aromatic carbocycles. The average molecular weight is 147 g/mol. The summed E-state index contributed by atoms with van der Waals surface area (Å²) >= 11 is 0. The van der Waals surface area contributed by atoms with E-state index in [1.807, 2.05) is 0 Å². The summed E-state index contributed by atoms with van der Waals surface area (Å²) < 4.78 is 5.27. The molecule has 0 aliphatic heterocycles. The first kappa shape index (κ1) is 9.14. The highest BCUT2D eigenvalue weighted by Crippen LogP contribution is 1.95. The molecule has 0 heterocycles. The summed E-state index contributed by atoms with van der Waals surface area (Å²) in [6.07, 6.45) is 1.18. The lowest BCUT2D eigenvalue weighted by atomic mass is 10.5. The molecule has 1 N–H and O–H groups in total. The van der Waals surface area contributed by atoms with Gasteiger partial charge in [-0.2, -0.15) is 0 Å².